The maximum absolute atomic E-state index is 14.0. The Labute approximate surface area is 118 Å². The van der Waals surface area contributed by atoms with Gasteiger partial charge in [-0.25, -0.2) is 9.18 Å². The van der Waals surface area contributed by atoms with Gasteiger partial charge in [-0.3, -0.25) is 0 Å². The highest BCUT2D eigenvalue weighted by atomic mass is 19.4. The number of alkyl halides is 3. The van der Waals surface area contributed by atoms with Gasteiger partial charge in [-0.2, -0.15) is 13.2 Å². The molecule has 1 aromatic rings. The Morgan fingerprint density at radius 1 is 1.43 bits per heavy atom. The fourth-order valence-corrected chi connectivity index (χ4v) is 2.07. The number of halogens is 4. The normalized spacial score (nSPS) is 14.9. The van der Waals surface area contributed by atoms with E-state index in [2.05, 4.69) is 4.74 Å². The number of nitrogens with zero attached hydrogens (tertiary/aromatic N) is 1. The summed E-state index contributed by atoms with van der Waals surface area (Å²) in [5, 5.41) is 0. The molecule has 1 fully saturated rings. The number of rotatable bonds is 4. The molecule has 0 aliphatic heterocycles. The standard InChI is InChI=1S/C13H14F4N2O2/c1-21-12(20)8-4-11(9(14)5-10(8)18)19(7-2-3-7)6-13(15,16)17/h4-5,7H,2-3,6,18H2,1H3. The van der Waals surface area contributed by atoms with Crippen molar-refractivity contribution in [2.75, 3.05) is 24.3 Å². The van der Waals surface area contributed by atoms with Crippen LogP contribution in [0.25, 0.3) is 0 Å². The Hall–Kier alpha value is -1.99. The highest BCUT2D eigenvalue weighted by molar-refractivity contribution is 5.96. The molecule has 0 atom stereocenters. The van der Waals surface area contributed by atoms with Crippen LogP contribution in [0.3, 0.4) is 0 Å². The molecule has 2 rings (SSSR count). The van der Waals surface area contributed by atoms with Crippen LogP contribution in [-0.4, -0.2) is 31.8 Å². The van der Waals surface area contributed by atoms with Crippen LogP contribution in [0.15, 0.2) is 12.1 Å². The van der Waals surface area contributed by atoms with Crippen molar-refractivity contribution in [3.63, 3.8) is 0 Å². The van der Waals surface area contributed by atoms with Crippen molar-refractivity contribution in [1.29, 1.82) is 0 Å². The van der Waals surface area contributed by atoms with Crippen LogP contribution >= 0.6 is 0 Å². The van der Waals surface area contributed by atoms with E-state index < -0.39 is 24.5 Å². The van der Waals surface area contributed by atoms with E-state index in [0.717, 1.165) is 24.1 Å². The largest absolute Gasteiger partial charge is 0.465 e. The molecule has 116 valence electrons. The molecule has 0 saturated heterocycles. The highest BCUT2D eigenvalue weighted by Crippen LogP contribution is 2.37. The predicted molar refractivity (Wildman–Crippen MR) is 68.6 cm³/mol. The molecule has 0 unspecified atom stereocenters. The molecule has 0 amide bonds. The van der Waals surface area contributed by atoms with E-state index in [9.17, 15) is 22.4 Å². The van der Waals surface area contributed by atoms with Crippen molar-refractivity contribution >= 4 is 17.3 Å². The zero-order valence-electron chi connectivity index (χ0n) is 11.2. The molecular formula is C13H14F4N2O2. The number of hydrogen-bond donors (Lipinski definition) is 1. The van der Waals surface area contributed by atoms with Crippen molar-refractivity contribution in [3.8, 4) is 0 Å². The number of hydrogen-bond acceptors (Lipinski definition) is 4. The maximum Gasteiger partial charge on any atom is 0.405 e. The number of esters is 1. The highest BCUT2D eigenvalue weighted by Gasteiger charge is 2.39. The lowest BCUT2D eigenvalue weighted by Crippen LogP contribution is -2.36. The second-order valence-electron chi connectivity index (χ2n) is 4.86. The molecule has 2 N–H and O–H groups in total. The fraction of sp³-hybridized carbons (Fsp3) is 0.462. The Kier molecular flexibility index (Phi) is 3.97. The first-order valence-electron chi connectivity index (χ1n) is 6.23. The second kappa shape index (κ2) is 5.42. The van der Waals surface area contributed by atoms with E-state index in [4.69, 9.17) is 5.73 Å². The molecule has 0 radical (unpaired) electrons. The van der Waals surface area contributed by atoms with E-state index in [1.165, 1.54) is 0 Å². The lowest BCUT2D eigenvalue weighted by atomic mass is 10.1. The molecule has 0 bridgehead atoms. The Balaban J connectivity index is 2.42. The van der Waals surface area contributed by atoms with Crippen molar-refractivity contribution < 1.29 is 27.1 Å². The van der Waals surface area contributed by atoms with Gasteiger partial charge in [0.05, 0.1) is 18.4 Å². The van der Waals surface area contributed by atoms with Gasteiger partial charge in [0.15, 0.2) is 0 Å². The molecule has 8 heteroatoms. The van der Waals surface area contributed by atoms with Crippen molar-refractivity contribution in [2.45, 2.75) is 25.1 Å². The Morgan fingerprint density at radius 3 is 2.52 bits per heavy atom. The summed E-state index contributed by atoms with van der Waals surface area (Å²) >= 11 is 0. The van der Waals surface area contributed by atoms with Crippen LogP contribution < -0.4 is 10.6 Å². The summed E-state index contributed by atoms with van der Waals surface area (Å²) in [6.07, 6.45) is -3.37. The number of carbonyl (C=O) groups is 1. The summed E-state index contributed by atoms with van der Waals surface area (Å²) in [6, 6.07) is 1.48. The van der Waals surface area contributed by atoms with E-state index >= 15 is 0 Å². The Bertz CT molecular complexity index is 556. The SMILES string of the molecule is COC(=O)c1cc(N(CC(F)(F)F)C2CC2)c(F)cc1N. The summed E-state index contributed by atoms with van der Waals surface area (Å²) < 4.78 is 56.4. The quantitative estimate of drug-likeness (QED) is 0.528. The molecule has 0 heterocycles. The zero-order chi connectivity index (χ0) is 15.8. The summed E-state index contributed by atoms with van der Waals surface area (Å²) in [5.74, 6) is -1.71. The zero-order valence-corrected chi connectivity index (χ0v) is 11.2. The number of benzene rings is 1. The smallest absolute Gasteiger partial charge is 0.405 e. The third-order valence-corrected chi connectivity index (χ3v) is 3.17. The molecule has 0 aromatic heterocycles. The Morgan fingerprint density at radius 2 is 2.05 bits per heavy atom. The first-order valence-corrected chi connectivity index (χ1v) is 6.23. The van der Waals surface area contributed by atoms with E-state index in [1.807, 2.05) is 0 Å². The van der Waals surface area contributed by atoms with E-state index in [0.29, 0.717) is 12.8 Å². The lowest BCUT2D eigenvalue weighted by molar-refractivity contribution is -0.120. The monoisotopic (exact) mass is 306 g/mol. The number of methoxy groups -OCH3 is 1. The van der Waals surface area contributed by atoms with Gasteiger partial charge in [-0.1, -0.05) is 0 Å². The molecular weight excluding hydrogens is 292 g/mol. The van der Waals surface area contributed by atoms with Crippen LogP contribution in [0, 0.1) is 5.82 Å². The summed E-state index contributed by atoms with van der Waals surface area (Å²) in [7, 11) is 1.11. The van der Waals surface area contributed by atoms with Crippen LogP contribution in [0.4, 0.5) is 28.9 Å². The van der Waals surface area contributed by atoms with Gasteiger partial charge in [0.25, 0.3) is 0 Å². The fourth-order valence-electron chi connectivity index (χ4n) is 2.07. The summed E-state index contributed by atoms with van der Waals surface area (Å²) in [4.78, 5) is 12.4. The van der Waals surface area contributed by atoms with Crippen LogP contribution in [0.1, 0.15) is 23.2 Å². The molecule has 1 aliphatic rings. The summed E-state index contributed by atoms with van der Waals surface area (Å²) in [6.45, 7) is -1.28. The predicted octanol–water partition coefficient (Wildman–Crippen LogP) is 2.73. The van der Waals surface area contributed by atoms with E-state index in [-0.39, 0.29) is 23.0 Å². The lowest BCUT2D eigenvalue weighted by Gasteiger charge is -2.27. The van der Waals surface area contributed by atoms with Crippen LogP contribution in [0.2, 0.25) is 0 Å². The summed E-state index contributed by atoms with van der Waals surface area (Å²) in [5.41, 5.74) is 4.89. The minimum absolute atomic E-state index is 0.151. The molecule has 0 spiro atoms. The van der Waals surface area contributed by atoms with Gasteiger partial charge < -0.3 is 15.4 Å². The van der Waals surface area contributed by atoms with Crippen LogP contribution in [0.5, 0.6) is 0 Å². The van der Waals surface area contributed by atoms with E-state index in [1.54, 1.807) is 0 Å². The maximum atomic E-state index is 14.0. The third kappa shape index (κ3) is 3.56. The van der Waals surface area contributed by atoms with Crippen molar-refractivity contribution in [2.24, 2.45) is 0 Å². The second-order valence-corrected chi connectivity index (χ2v) is 4.86. The average Bonchev–Trinajstić information content (AvgIpc) is 3.19. The first kappa shape index (κ1) is 15.4. The molecule has 21 heavy (non-hydrogen) atoms. The third-order valence-electron chi connectivity index (χ3n) is 3.17. The van der Waals surface area contributed by atoms with Crippen molar-refractivity contribution in [3.05, 3.63) is 23.5 Å². The average molecular weight is 306 g/mol. The minimum Gasteiger partial charge on any atom is -0.465 e. The first-order chi connectivity index (χ1) is 9.73. The number of carbonyl (C=O) groups excluding carboxylic acids is 1. The number of ether oxygens (including phenoxy) is 1. The molecule has 4 nitrogen and oxygen atoms in total. The van der Waals surface area contributed by atoms with Gasteiger partial charge in [0.1, 0.15) is 12.4 Å². The van der Waals surface area contributed by atoms with Crippen molar-refractivity contribution in [1.82, 2.24) is 0 Å². The van der Waals surface area contributed by atoms with Gasteiger partial charge in [0.2, 0.25) is 0 Å². The molecule has 1 aromatic carbocycles. The topological polar surface area (TPSA) is 55.6 Å². The number of anilines is 2. The number of nitrogens with two attached hydrogens (primary N) is 1. The van der Waals surface area contributed by atoms with Gasteiger partial charge >= 0.3 is 12.1 Å². The molecule has 1 aliphatic carbocycles. The van der Waals surface area contributed by atoms with Gasteiger partial charge in [-0.15, -0.1) is 0 Å². The molecule has 1 saturated carbocycles. The van der Waals surface area contributed by atoms with Gasteiger partial charge in [0, 0.05) is 11.7 Å². The number of nitrogen functional groups attached to an aromatic ring is 1. The van der Waals surface area contributed by atoms with Crippen LogP contribution in [-0.2, 0) is 4.74 Å². The van der Waals surface area contributed by atoms with Gasteiger partial charge in [-0.05, 0) is 25.0 Å². The minimum atomic E-state index is -4.47.